The number of carbonyl (C=O) groups is 1. The highest BCUT2D eigenvalue weighted by Crippen LogP contribution is 2.22. The molecule has 0 radical (unpaired) electrons. The molecule has 2 rings (SSSR count). The Morgan fingerprint density at radius 2 is 1.83 bits per heavy atom. The minimum Gasteiger partial charge on any atom is -0.449 e. The number of ether oxygens (including phenoxy) is 1. The second-order valence-corrected chi connectivity index (χ2v) is 6.57. The van der Waals surface area contributed by atoms with Gasteiger partial charge in [0.2, 0.25) is 0 Å². The van der Waals surface area contributed by atoms with Gasteiger partial charge >= 0.3 is 6.09 Å². The van der Waals surface area contributed by atoms with Gasteiger partial charge in [-0.05, 0) is 37.0 Å². The van der Waals surface area contributed by atoms with E-state index in [1.807, 2.05) is 26.0 Å². The average molecular weight is 322 g/mol. The highest BCUT2D eigenvalue weighted by molar-refractivity contribution is 5.67. The van der Waals surface area contributed by atoms with E-state index in [2.05, 4.69) is 11.8 Å². The van der Waals surface area contributed by atoms with Gasteiger partial charge in [-0.25, -0.2) is 9.18 Å². The predicted octanol–water partition coefficient (Wildman–Crippen LogP) is 3.69. The zero-order valence-corrected chi connectivity index (χ0v) is 14.3. The van der Waals surface area contributed by atoms with Crippen molar-refractivity contribution in [2.75, 3.05) is 32.8 Å². The van der Waals surface area contributed by atoms with Crippen LogP contribution in [0.25, 0.3) is 0 Å². The summed E-state index contributed by atoms with van der Waals surface area (Å²) in [6.07, 6.45) is 0.706. The van der Waals surface area contributed by atoms with Crippen molar-refractivity contribution in [2.24, 2.45) is 5.92 Å². The Kier molecular flexibility index (Phi) is 6.39. The van der Waals surface area contributed by atoms with Crippen LogP contribution in [-0.2, 0) is 4.74 Å². The minimum atomic E-state index is -0.213. The molecule has 1 unspecified atom stereocenters. The fourth-order valence-electron chi connectivity index (χ4n) is 2.79. The monoisotopic (exact) mass is 322 g/mol. The van der Waals surface area contributed by atoms with E-state index in [0.29, 0.717) is 19.1 Å². The summed E-state index contributed by atoms with van der Waals surface area (Å²) in [4.78, 5) is 16.2. The lowest BCUT2D eigenvalue weighted by molar-refractivity contribution is 0.0924. The summed E-state index contributed by atoms with van der Waals surface area (Å²) < 4.78 is 18.4. The van der Waals surface area contributed by atoms with Gasteiger partial charge in [-0.3, -0.25) is 4.90 Å². The molecule has 0 spiro atoms. The predicted molar refractivity (Wildman–Crippen MR) is 88.8 cm³/mol. The van der Waals surface area contributed by atoms with Gasteiger partial charge in [0.1, 0.15) is 5.82 Å². The summed E-state index contributed by atoms with van der Waals surface area (Å²) in [6.45, 7) is 9.77. The van der Waals surface area contributed by atoms with Crippen molar-refractivity contribution >= 4 is 6.09 Å². The lowest BCUT2D eigenvalue weighted by Gasteiger charge is -2.28. The first kappa shape index (κ1) is 17.7. The van der Waals surface area contributed by atoms with Crippen LogP contribution in [0.1, 0.15) is 38.8 Å². The van der Waals surface area contributed by atoms with E-state index in [4.69, 9.17) is 4.74 Å². The van der Waals surface area contributed by atoms with E-state index in [1.54, 1.807) is 4.90 Å². The van der Waals surface area contributed by atoms with E-state index < -0.39 is 0 Å². The molecule has 4 nitrogen and oxygen atoms in total. The Balaban J connectivity index is 1.90. The van der Waals surface area contributed by atoms with E-state index in [0.717, 1.165) is 31.6 Å². The molecule has 0 bridgehead atoms. The number of hydrogen-bond donors (Lipinski definition) is 0. The average Bonchev–Trinajstić information content (AvgIpc) is 2.78. The van der Waals surface area contributed by atoms with Gasteiger partial charge in [-0.1, -0.05) is 26.0 Å². The number of hydrogen-bond acceptors (Lipinski definition) is 3. The first-order valence-corrected chi connectivity index (χ1v) is 8.38. The topological polar surface area (TPSA) is 32.8 Å². The van der Waals surface area contributed by atoms with E-state index in [1.165, 1.54) is 12.1 Å². The SMILES string of the molecule is CC(C)COC(=O)N1CCCN(C(C)c2ccc(F)cc2)CC1. The second-order valence-electron chi connectivity index (χ2n) is 6.57. The molecule has 0 N–H and O–H groups in total. The molecule has 1 saturated heterocycles. The summed E-state index contributed by atoms with van der Waals surface area (Å²) in [7, 11) is 0. The van der Waals surface area contributed by atoms with Gasteiger partial charge in [-0.2, -0.15) is 0 Å². The zero-order chi connectivity index (χ0) is 16.8. The summed E-state index contributed by atoms with van der Waals surface area (Å²) in [5.74, 6) is 0.136. The number of halogens is 1. The Bertz CT molecular complexity index is 504. The maximum atomic E-state index is 13.1. The van der Waals surface area contributed by atoms with Gasteiger partial charge in [-0.15, -0.1) is 0 Å². The van der Waals surface area contributed by atoms with Gasteiger partial charge in [0, 0.05) is 32.2 Å². The van der Waals surface area contributed by atoms with Crippen molar-refractivity contribution in [3.8, 4) is 0 Å². The molecule has 1 heterocycles. The van der Waals surface area contributed by atoms with Crippen molar-refractivity contribution in [3.05, 3.63) is 35.6 Å². The zero-order valence-electron chi connectivity index (χ0n) is 14.3. The third-order valence-electron chi connectivity index (χ3n) is 4.23. The molecular weight excluding hydrogens is 295 g/mol. The number of amides is 1. The number of benzene rings is 1. The summed E-state index contributed by atoms with van der Waals surface area (Å²) >= 11 is 0. The molecule has 1 atom stereocenters. The minimum absolute atomic E-state index is 0.210. The Morgan fingerprint density at radius 1 is 1.13 bits per heavy atom. The Hall–Kier alpha value is -1.62. The molecule has 5 heteroatoms. The molecule has 128 valence electrons. The van der Waals surface area contributed by atoms with Crippen LogP contribution in [-0.4, -0.2) is 48.7 Å². The maximum absolute atomic E-state index is 13.1. The van der Waals surface area contributed by atoms with E-state index in [9.17, 15) is 9.18 Å². The van der Waals surface area contributed by atoms with Gasteiger partial charge in [0.15, 0.2) is 0 Å². The highest BCUT2D eigenvalue weighted by Gasteiger charge is 2.23. The Morgan fingerprint density at radius 3 is 2.48 bits per heavy atom. The molecule has 1 aromatic carbocycles. The lowest BCUT2D eigenvalue weighted by Crippen LogP contribution is -2.36. The third-order valence-corrected chi connectivity index (χ3v) is 4.23. The van der Waals surface area contributed by atoms with Crippen LogP contribution in [0.2, 0.25) is 0 Å². The van der Waals surface area contributed by atoms with Crippen molar-refractivity contribution in [2.45, 2.75) is 33.2 Å². The summed E-state index contributed by atoms with van der Waals surface area (Å²) in [6, 6.07) is 6.87. The van der Waals surface area contributed by atoms with Crippen LogP contribution >= 0.6 is 0 Å². The second kappa shape index (κ2) is 8.29. The lowest BCUT2D eigenvalue weighted by atomic mass is 10.1. The van der Waals surface area contributed by atoms with Crippen molar-refractivity contribution in [3.63, 3.8) is 0 Å². The fourth-order valence-corrected chi connectivity index (χ4v) is 2.79. The smallest absolute Gasteiger partial charge is 0.409 e. The highest BCUT2D eigenvalue weighted by atomic mass is 19.1. The molecule has 1 aliphatic rings. The number of carbonyl (C=O) groups excluding carboxylic acids is 1. The fraction of sp³-hybridized carbons (Fsp3) is 0.611. The first-order valence-electron chi connectivity index (χ1n) is 8.38. The molecule has 1 aliphatic heterocycles. The molecular formula is C18H27FN2O2. The van der Waals surface area contributed by atoms with Crippen LogP contribution in [0.15, 0.2) is 24.3 Å². The van der Waals surface area contributed by atoms with Crippen LogP contribution in [0, 0.1) is 11.7 Å². The molecule has 0 aliphatic carbocycles. The van der Waals surface area contributed by atoms with Crippen molar-refractivity contribution in [1.29, 1.82) is 0 Å². The normalized spacial score (nSPS) is 17.9. The standard InChI is InChI=1S/C18H27FN2O2/c1-14(2)13-23-18(22)21-10-4-9-20(11-12-21)15(3)16-5-7-17(19)8-6-16/h5-8,14-15H,4,9-13H2,1-3H3. The van der Waals surface area contributed by atoms with Crippen molar-refractivity contribution in [1.82, 2.24) is 9.80 Å². The number of nitrogens with zero attached hydrogens (tertiary/aromatic N) is 2. The largest absolute Gasteiger partial charge is 0.449 e. The van der Waals surface area contributed by atoms with Crippen molar-refractivity contribution < 1.29 is 13.9 Å². The van der Waals surface area contributed by atoms with E-state index >= 15 is 0 Å². The van der Waals surface area contributed by atoms with Gasteiger partial charge < -0.3 is 9.64 Å². The molecule has 1 aromatic rings. The summed E-state index contributed by atoms with van der Waals surface area (Å²) in [5.41, 5.74) is 1.10. The molecule has 1 amide bonds. The maximum Gasteiger partial charge on any atom is 0.409 e. The first-order chi connectivity index (χ1) is 11.0. The van der Waals surface area contributed by atoms with Crippen LogP contribution in [0.5, 0.6) is 0 Å². The van der Waals surface area contributed by atoms with Crippen LogP contribution in [0.4, 0.5) is 9.18 Å². The number of rotatable bonds is 4. The van der Waals surface area contributed by atoms with E-state index in [-0.39, 0.29) is 18.0 Å². The van der Waals surface area contributed by atoms with Gasteiger partial charge in [0.25, 0.3) is 0 Å². The third kappa shape index (κ3) is 5.20. The Labute approximate surface area is 138 Å². The van der Waals surface area contributed by atoms with Crippen LogP contribution in [0.3, 0.4) is 0 Å². The molecule has 0 saturated carbocycles. The molecule has 23 heavy (non-hydrogen) atoms. The quantitative estimate of drug-likeness (QED) is 0.847. The molecule has 0 aromatic heterocycles. The van der Waals surface area contributed by atoms with Gasteiger partial charge in [0.05, 0.1) is 6.61 Å². The summed E-state index contributed by atoms with van der Waals surface area (Å²) in [5, 5.41) is 0. The van der Waals surface area contributed by atoms with Crippen LogP contribution < -0.4 is 0 Å². The molecule has 1 fully saturated rings.